The molecule has 16 heavy (non-hydrogen) atoms. The number of nitrogens with zero attached hydrogens (tertiary/aromatic N) is 2. The summed E-state index contributed by atoms with van der Waals surface area (Å²) >= 11 is 0. The van der Waals surface area contributed by atoms with E-state index in [0.717, 1.165) is 22.6 Å². The molecule has 0 radical (unpaired) electrons. The van der Waals surface area contributed by atoms with Crippen molar-refractivity contribution in [2.45, 2.75) is 6.54 Å². The molecule has 0 saturated carbocycles. The number of ether oxygens (including phenoxy) is 1. The van der Waals surface area contributed by atoms with Crippen LogP contribution in [0, 0.1) is 0 Å². The molecular weight excluding hydrogens is 202 g/mol. The van der Waals surface area contributed by atoms with Crippen molar-refractivity contribution in [3.8, 4) is 17.0 Å². The lowest BCUT2D eigenvalue weighted by molar-refractivity contribution is 0.416. The van der Waals surface area contributed by atoms with E-state index in [9.17, 15) is 0 Å². The molecule has 2 aromatic rings. The van der Waals surface area contributed by atoms with Gasteiger partial charge in [0.15, 0.2) is 0 Å². The van der Waals surface area contributed by atoms with Crippen LogP contribution < -0.4 is 10.5 Å². The van der Waals surface area contributed by atoms with E-state index in [2.05, 4.69) is 5.10 Å². The van der Waals surface area contributed by atoms with Gasteiger partial charge in [-0.1, -0.05) is 12.1 Å². The van der Waals surface area contributed by atoms with Gasteiger partial charge in [-0.05, 0) is 12.1 Å². The second-order valence-corrected chi connectivity index (χ2v) is 3.55. The fourth-order valence-corrected chi connectivity index (χ4v) is 1.82. The van der Waals surface area contributed by atoms with Crippen molar-refractivity contribution in [1.82, 2.24) is 9.78 Å². The molecule has 1 heterocycles. The smallest absolute Gasteiger partial charge is 0.128 e. The van der Waals surface area contributed by atoms with Gasteiger partial charge in [0.2, 0.25) is 0 Å². The first-order valence-corrected chi connectivity index (χ1v) is 5.12. The zero-order valence-electron chi connectivity index (χ0n) is 9.47. The minimum atomic E-state index is 0.473. The molecule has 0 atom stereocenters. The van der Waals surface area contributed by atoms with Crippen LogP contribution in [0.25, 0.3) is 11.3 Å². The van der Waals surface area contributed by atoms with Gasteiger partial charge in [-0.25, -0.2) is 0 Å². The molecule has 0 amide bonds. The number of benzene rings is 1. The molecule has 0 aliphatic rings. The molecule has 1 aromatic carbocycles. The summed E-state index contributed by atoms with van der Waals surface area (Å²) in [6.07, 6.45) is 1.79. The Bertz CT molecular complexity index is 491. The fraction of sp³-hybridized carbons (Fsp3) is 0.250. The summed E-state index contributed by atoms with van der Waals surface area (Å²) in [4.78, 5) is 0. The molecule has 4 heteroatoms. The van der Waals surface area contributed by atoms with Crippen molar-refractivity contribution in [1.29, 1.82) is 0 Å². The summed E-state index contributed by atoms with van der Waals surface area (Å²) < 4.78 is 7.16. The SMILES string of the molecule is COc1ccccc1-c1c(CN)cnn1C. The number of rotatable bonds is 3. The average molecular weight is 217 g/mol. The highest BCUT2D eigenvalue weighted by Crippen LogP contribution is 2.31. The highest BCUT2D eigenvalue weighted by molar-refractivity contribution is 5.70. The van der Waals surface area contributed by atoms with Gasteiger partial charge in [0, 0.05) is 24.7 Å². The molecule has 2 N–H and O–H groups in total. The van der Waals surface area contributed by atoms with E-state index in [1.165, 1.54) is 0 Å². The lowest BCUT2D eigenvalue weighted by Gasteiger charge is -2.10. The van der Waals surface area contributed by atoms with Crippen LogP contribution >= 0.6 is 0 Å². The Labute approximate surface area is 94.6 Å². The van der Waals surface area contributed by atoms with E-state index in [0.29, 0.717) is 6.54 Å². The van der Waals surface area contributed by atoms with Crippen LogP contribution in [0.4, 0.5) is 0 Å². The van der Waals surface area contributed by atoms with Crippen molar-refractivity contribution in [3.63, 3.8) is 0 Å². The van der Waals surface area contributed by atoms with E-state index in [-0.39, 0.29) is 0 Å². The van der Waals surface area contributed by atoms with E-state index >= 15 is 0 Å². The fourth-order valence-electron chi connectivity index (χ4n) is 1.82. The molecule has 2 rings (SSSR count). The van der Waals surface area contributed by atoms with Crippen LogP contribution in [0.15, 0.2) is 30.5 Å². The number of hydrogen-bond acceptors (Lipinski definition) is 3. The number of aryl methyl sites for hydroxylation is 1. The van der Waals surface area contributed by atoms with E-state index in [4.69, 9.17) is 10.5 Å². The topological polar surface area (TPSA) is 53.1 Å². The maximum Gasteiger partial charge on any atom is 0.128 e. The van der Waals surface area contributed by atoms with Gasteiger partial charge in [-0.3, -0.25) is 4.68 Å². The van der Waals surface area contributed by atoms with Crippen LogP contribution in [0.5, 0.6) is 5.75 Å². The normalized spacial score (nSPS) is 10.4. The second-order valence-electron chi connectivity index (χ2n) is 3.55. The molecule has 0 fully saturated rings. The predicted molar refractivity (Wildman–Crippen MR) is 63.1 cm³/mol. The minimum absolute atomic E-state index is 0.473. The third kappa shape index (κ3) is 1.67. The van der Waals surface area contributed by atoms with Gasteiger partial charge in [0.25, 0.3) is 0 Å². The van der Waals surface area contributed by atoms with E-state index in [1.54, 1.807) is 13.3 Å². The lowest BCUT2D eigenvalue weighted by Crippen LogP contribution is -2.01. The van der Waals surface area contributed by atoms with Crippen LogP contribution in [-0.2, 0) is 13.6 Å². The third-order valence-electron chi connectivity index (χ3n) is 2.60. The summed E-state index contributed by atoms with van der Waals surface area (Å²) in [5.74, 6) is 0.834. The second kappa shape index (κ2) is 4.37. The Balaban J connectivity index is 2.61. The van der Waals surface area contributed by atoms with Gasteiger partial charge in [-0.2, -0.15) is 5.10 Å². The van der Waals surface area contributed by atoms with Crippen molar-refractivity contribution >= 4 is 0 Å². The summed E-state index contributed by atoms with van der Waals surface area (Å²) in [7, 11) is 3.57. The van der Waals surface area contributed by atoms with Gasteiger partial charge in [0.1, 0.15) is 5.75 Å². The van der Waals surface area contributed by atoms with Crippen LogP contribution in [-0.4, -0.2) is 16.9 Å². The first kappa shape index (κ1) is 10.7. The highest BCUT2D eigenvalue weighted by atomic mass is 16.5. The van der Waals surface area contributed by atoms with Crippen LogP contribution in [0.3, 0.4) is 0 Å². The Kier molecular flexibility index (Phi) is 2.92. The van der Waals surface area contributed by atoms with Gasteiger partial charge >= 0.3 is 0 Å². The number of hydrogen-bond donors (Lipinski definition) is 1. The van der Waals surface area contributed by atoms with Gasteiger partial charge in [0.05, 0.1) is 19.0 Å². The molecule has 0 saturated heterocycles. The largest absolute Gasteiger partial charge is 0.496 e. The summed E-state index contributed by atoms with van der Waals surface area (Å²) in [5.41, 5.74) is 8.75. The maximum absolute atomic E-state index is 5.70. The Morgan fingerprint density at radius 3 is 2.81 bits per heavy atom. The Morgan fingerprint density at radius 2 is 2.12 bits per heavy atom. The average Bonchev–Trinajstić information content (AvgIpc) is 2.70. The molecule has 0 spiro atoms. The van der Waals surface area contributed by atoms with Crippen LogP contribution in [0.2, 0.25) is 0 Å². The molecule has 1 aromatic heterocycles. The summed E-state index contributed by atoms with van der Waals surface area (Å²) in [5, 5.41) is 4.22. The quantitative estimate of drug-likeness (QED) is 0.848. The van der Waals surface area contributed by atoms with Gasteiger partial charge < -0.3 is 10.5 Å². The monoisotopic (exact) mass is 217 g/mol. The minimum Gasteiger partial charge on any atom is -0.496 e. The molecule has 84 valence electrons. The number of aromatic nitrogens is 2. The lowest BCUT2D eigenvalue weighted by atomic mass is 10.1. The molecule has 0 aliphatic heterocycles. The number of nitrogens with two attached hydrogens (primary N) is 1. The Hall–Kier alpha value is -1.81. The first-order valence-electron chi connectivity index (χ1n) is 5.12. The van der Waals surface area contributed by atoms with Crippen molar-refractivity contribution in [2.24, 2.45) is 12.8 Å². The zero-order chi connectivity index (χ0) is 11.5. The zero-order valence-corrected chi connectivity index (χ0v) is 9.47. The molecule has 0 bridgehead atoms. The first-order chi connectivity index (χ1) is 7.77. The summed E-state index contributed by atoms with van der Waals surface area (Å²) in [6.45, 7) is 0.473. The number of para-hydroxylation sites is 1. The van der Waals surface area contributed by atoms with E-state index < -0.39 is 0 Å². The molecular formula is C12H15N3O. The Morgan fingerprint density at radius 1 is 1.38 bits per heavy atom. The predicted octanol–water partition coefficient (Wildman–Crippen LogP) is 1.55. The molecule has 4 nitrogen and oxygen atoms in total. The number of methoxy groups -OCH3 is 1. The van der Waals surface area contributed by atoms with Crippen molar-refractivity contribution in [3.05, 3.63) is 36.0 Å². The van der Waals surface area contributed by atoms with Crippen molar-refractivity contribution < 1.29 is 4.74 Å². The third-order valence-corrected chi connectivity index (χ3v) is 2.60. The van der Waals surface area contributed by atoms with E-state index in [1.807, 2.05) is 36.0 Å². The maximum atomic E-state index is 5.70. The van der Waals surface area contributed by atoms with Crippen molar-refractivity contribution in [2.75, 3.05) is 7.11 Å². The summed E-state index contributed by atoms with van der Waals surface area (Å²) in [6, 6.07) is 7.86. The van der Waals surface area contributed by atoms with Crippen LogP contribution in [0.1, 0.15) is 5.56 Å². The molecule has 0 aliphatic carbocycles. The highest BCUT2D eigenvalue weighted by Gasteiger charge is 2.13. The van der Waals surface area contributed by atoms with Gasteiger partial charge in [-0.15, -0.1) is 0 Å². The molecule has 0 unspecified atom stereocenters. The standard InChI is InChI=1S/C12H15N3O/c1-15-12(9(7-13)8-14-15)10-5-3-4-6-11(10)16-2/h3-6,8H,7,13H2,1-2H3.